The highest BCUT2D eigenvalue weighted by atomic mass is 16.5. The molecular formula is C33H34N2O3. The monoisotopic (exact) mass is 506 g/mol. The van der Waals surface area contributed by atoms with Crippen LogP contribution >= 0.6 is 0 Å². The maximum absolute atomic E-state index is 13.0. The summed E-state index contributed by atoms with van der Waals surface area (Å²) in [6, 6.07) is 25.8. The third kappa shape index (κ3) is 6.86. The highest BCUT2D eigenvalue weighted by molar-refractivity contribution is 5.83. The van der Waals surface area contributed by atoms with E-state index in [4.69, 9.17) is 19.4 Å². The highest BCUT2D eigenvalue weighted by Gasteiger charge is 2.20. The molecule has 5 heteroatoms. The summed E-state index contributed by atoms with van der Waals surface area (Å²) >= 11 is 0. The Bertz CT molecular complexity index is 1330. The maximum Gasteiger partial charge on any atom is 0.143 e. The number of Topliss-reactive ketones (excluding diaryl/α,β-unsaturated/α-hetero) is 1. The number of carbonyl (C=O) groups excluding carboxylic acids is 1. The number of hydrogen-bond donors (Lipinski definition) is 0. The van der Waals surface area contributed by atoms with Gasteiger partial charge in [0, 0.05) is 12.0 Å². The summed E-state index contributed by atoms with van der Waals surface area (Å²) in [6.07, 6.45) is 8.34. The molecule has 1 aliphatic carbocycles. The van der Waals surface area contributed by atoms with Gasteiger partial charge in [0.15, 0.2) is 0 Å². The fourth-order valence-corrected chi connectivity index (χ4v) is 5.07. The number of methoxy groups -OCH3 is 1. The highest BCUT2D eigenvalue weighted by Crippen LogP contribution is 2.30. The first kappa shape index (κ1) is 25.7. The minimum atomic E-state index is 0.143. The molecule has 1 saturated carbocycles. The van der Waals surface area contributed by atoms with Gasteiger partial charge in [0.05, 0.1) is 36.8 Å². The Kier molecular flexibility index (Phi) is 8.44. The maximum atomic E-state index is 13.0. The molecule has 0 N–H and O–H groups in total. The van der Waals surface area contributed by atoms with Crippen molar-refractivity contribution in [2.45, 2.75) is 51.6 Å². The Morgan fingerprint density at radius 3 is 2.24 bits per heavy atom. The van der Waals surface area contributed by atoms with Crippen LogP contribution in [0, 0.1) is 5.92 Å². The van der Waals surface area contributed by atoms with E-state index in [1.165, 1.54) is 25.7 Å². The van der Waals surface area contributed by atoms with E-state index >= 15 is 0 Å². The van der Waals surface area contributed by atoms with Crippen molar-refractivity contribution in [3.05, 3.63) is 108 Å². The quantitative estimate of drug-likeness (QED) is 0.223. The van der Waals surface area contributed by atoms with Gasteiger partial charge in [0.25, 0.3) is 0 Å². The second-order valence-corrected chi connectivity index (χ2v) is 10.0. The summed E-state index contributed by atoms with van der Waals surface area (Å²) in [5.41, 5.74) is 5.71. The molecule has 0 atom stereocenters. The Hall–Kier alpha value is -3.99. The van der Waals surface area contributed by atoms with Crippen molar-refractivity contribution in [3.63, 3.8) is 0 Å². The van der Waals surface area contributed by atoms with Gasteiger partial charge in [-0.2, -0.15) is 0 Å². The van der Waals surface area contributed by atoms with Gasteiger partial charge in [-0.1, -0.05) is 68.1 Å². The molecule has 194 valence electrons. The summed E-state index contributed by atoms with van der Waals surface area (Å²) in [5, 5.41) is 0. The van der Waals surface area contributed by atoms with Crippen LogP contribution in [0.25, 0.3) is 11.3 Å². The number of aromatic nitrogens is 2. The first-order chi connectivity index (χ1) is 18.7. The predicted molar refractivity (Wildman–Crippen MR) is 149 cm³/mol. The van der Waals surface area contributed by atoms with Gasteiger partial charge in [-0.15, -0.1) is 0 Å². The van der Waals surface area contributed by atoms with Crippen LogP contribution in [0.4, 0.5) is 0 Å². The lowest BCUT2D eigenvalue weighted by molar-refractivity contribution is -0.117. The fourth-order valence-electron chi connectivity index (χ4n) is 5.07. The van der Waals surface area contributed by atoms with E-state index in [0.29, 0.717) is 25.4 Å². The Morgan fingerprint density at radius 2 is 1.53 bits per heavy atom. The van der Waals surface area contributed by atoms with Gasteiger partial charge < -0.3 is 9.47 Å². The molecule has 38 heavy (non-hydrogen) atoms. The summed E-state index contributed by atoms with van der Waals surface area (Å²) < 4.78 is 11.2. The fraction of sp³-hybridized carbons (Fsp3) is 0.303. The molecule has 5 rings (SSSR count). The van der Waals surface area contributed by atoms with Gasteiger partial charge in [-0.05, 0) is 59.9 Å². The molecule has 0 aliphatic heterocycles. The zero-order valence-electron chi connectivity index (χ0n) is 21.9. The van der Waals surface area contributed by atoms with E-state index < -0.39 is 0 Å². The number of carbonyl (C=O) groups is 1. The average molecular weight is 507 g/mol. The van der Waals surface area contributed by atoms with Crippen molar-refractivity contribution in [1.29, 1.82) is 0 Å². The molecular weight excluding hydrogens is 472 g/mol. The van der Waals surface area contributed by atoms with Crippen molar-refractivity contribution >= 4 is 5.78 Å². The lowest BCUT2D eigenvalue weighted by Crippen LogP contribution is -2.13. The van der Waals surface area contributed by atoms with E-state index in [1.54, 1.807) is 13.3 Å². The van der Waals surface area contributed by atoms with Crippen LogP contribution in [0.5, 0.6) is 11.5 Å². The standard InChI is InChI=1S/C33H34N2O3/c1-37-29-15-11-25(12-16-29)19-28(36)21-31-32(20-24-7-5-6-8-24)35-33(22-34-31)27-13-17-30(18-14-27)38-23-26-9-3-2-4-10-26/h2-4,9-18,22,24H,5-8,19-21,23H2,1H3. The number of hydrogen-bond acceptors (Lipinski definition) is 5. The molecule has 0 saturated heterocycles. The second kappa shape index (κ2) is 12.5. The Labute approximate surface area is 224 Å². The molecule has 5 nitrogen and oxygen atoms in total. The Morgan fingerprint density at radius 1 is 0.816 bits per heavy atom. The molecule has 1 aromatic heterocycles. The second-order valence-electron chi connectivity index (χ2n) is 10.0. The molecule has 4 aromatic rings. The first-order valence-electron chi connectivity index (χ1n) is 13.4. The van der Waals surface area contributed by atoms with Crippen molar-refractivity contribution < 1.29 is 14.3 Å². The molecule has 0 radical (unpaired) electrons. The number of nitrogens with zero attached hydrogens (tertiary/aromatic N) is 2. The first-order valence-corrected chi connectivity index (χ1v) is 13.4. The number of ether oxygens (including phenoxy) is 2. The van der Waals surface area contributed by atoms with Crippen LogP contribution in [0.3, 0.4) is 0 Å². The third-order valence-electron chi connectivity index (χ3n) is 7.21. The lowest BCUT2D eigenvalue weighted by atomic mass is 9.97. The molecule has 3 aromatic carbocycles. The molecule has 0 spiro atoms. The van der Waals surface area contributed by atoms with Gasteiger partial charge in [0.2, 0.25) is 0 Å². The number of rotatable bonds is 11. The van der Waals surface area contributed by atoms with Crippen LogP contribution in [0.15, 0.2) is 85.1 Å². The van der Waals surface area contributed by atoms with Gasteiger partial charge in [0.1, 0.15) is 23.9 Å². The van der Waals surface area contributed by atoms with Gasteiger partial charge in [-0.25, -0.2) is 4.98 Å². The van der Waals surface area contributed by atoms with E-state index in [9.17, 15) is 4.79 Å². The van der Waals surface area contributed by atoms with Gasteiger partial charge >= 0.3 is 0 Å². The van der Waals surface area contributed by atoms with E-state index in [2.05, 4.69) is 12.1 Å². The van der Waals surface area contributed by atoms with Gasteiger partial charge in [-0.3, -0.25) is 9.78 Å². The molecule has 1 aliphatic rings. The Balaban J connectivity index is 1.29. The zero-order chi connectivity index (χ0) is 26.2. The van der Waals surface area contributed by atoms with Crippen LogP contribution in [0.1, 0.15) is 48.2 Å². The van der Waals surface area contributed by atoms with Crippen molar-refractivity contribution in [1.82, 2.24) is 9.97 Å². The summed E-state index contributed by atoms with van der Waals surface area (Å²) in [5.74, 6) is 2.36. The minimum Gasteiger partial charge on any atom is -0.497 e. The normalized spacial score (nSPS) is 13.4. The van der Waals surface area contributed by atoms with Crippen molar-refractivity contribution in [2.75, 3.05) is 7.11 Å². The average Bonchev–Trinajstić information content (AvgIpc) is 3.47. The SMILES string of the molecule is COc1ccc(CC(=O)Cc2ncc(-c3ccc(OCc4ccccc4)cc3)nc2CC2CCCC2)cc1. The van der Waals surface area contributed by atoms with Crippen molar-refractivity contribution in [3.8, 4) is 22.8 Å². The summed E-state index contributed by atoms with van der Waals surface area (Å²) in [6.45, 7) is 0.533. The van der Waals surface area contributed by atoms with Crippen LogP contribution in [-0.4, -0.2) is 22.9 Å². The molecule has 0 amide bonds. The van der Waals surface area contributed by atoms with E-state index in [-0.39, 0.29) is 5.78 Å². The number of benzene rings is 3. The molecule has 1 fully saturated rings. The zero-order valence-corrected chi connectivity index (χ0v) is 21.9. The molecule has 1 heterocycles. The van der Waals surface area contributed by atoms with Crippen molar-refractivity contribution in [2.24, 2.45) is 5.92 Å². The smallest absolute Gasteiger partial charge is 0.143 e. The van der Waals surface area contributed by atoms with E-state index in [0.717, 1.165) is 51.7 Å². The topological polar surface area (TPSA) is 61.3 Å². The largest absolute Gasteiger partial charge is 0.497 e. The number of ketones is 1. The molecule has 0 unspecified atom stereocenters. The summed E-state index contributed by atoms with van der Waals surface area (Å²) in [7, 11) is 1.64. The summed E-state index contributed by atoms with van der Waals surface area (Å²) in [4.78, 5) is 22.8. The molecule has 0 bridgehead atoms. The third-order valence-corrected chi connectivity index (χ3v) is 7.21. The van der Waals surface area contributed by atoms with Crippen LogP contribution < -0.4 is 9.47 Å². The van der Waals surface area contributed by atoms with E-state index in [1.807, 2.05) is 66.7 Å². The lowest BCUT2D eigenvalue weighted by Gasteiger charge is -2.14. The van der Waals surface area contributed by atoms with Crippen LogP contribution in [0.2, 0.25) is 0 Å². The predicted octanol–water partition coefficient (Wildman–Crippen LogP) is 6.82. The minimum absolute atomic E-state index is 0.143. The van der Waals surface area contributed by atoms with Crippen LogP contribution in [-0.2, 0) is 30.7 Å².